The smallest absolute Gasteiger partial charge is 0.242 e. The first-order valence-corrected chi connectivity index (χ1v) is 14.2. The van der Waals surface area contributed by atoms with Gasteiger partial charge in [-0.15, -0.1) is 0 Å². The lowest BCUT2D eigenvalue weighted by molar-refractivity contribution is -0.142. The van der Waals surface area contributed by atoms with Crippen LogP contribution in [-0.2, 0) is 22.6 Å². The maximum atomic E-state index is 13.6. The van der Waals surface area contributed by atoms with Crippen LogP contribution in [0.15, 0.2) is 41.0 Å². The van der Waals surface area contributed by atoms with E-state index in [2.05, 4.69) is 13.8 Å². The standard InChI is InChI=1S/C31H48N2O5/c1-6-8-9-10-11-12-13-16-30(34)33(25(3)7-2)24-31(35)32(23-27-15-14-21-38-27)20-19-26-17-18-28(36-4)29(22-26)37-5/h14-15,17-18,21-22,25H,6-13,16,19-20,23-24H2,1-5H3. The molecule has 2 aromatic rings. The van der Waals surface area contributed by atoms with E-state index < -0.39 is 0 Å². The lowest BCUT2D eigenvalue weighted by Gasteiger charge is -2.31. The molecular weight excluding hydrogens is 480 g/mol. The molecule has 2 amide bonds. The third kappa shape index (κ3) is 10.4. The van der Waals surface area contributed by atoms with Crippen LogP contribution in [0.4, 0.5) is 0 Å². The monoisotopic (exact) mass is 528 g/mol. The van der Waals surface area contributed by atoms with Gasteiger partial charge in [-0.2, -0.15) is 0 Å². The van der Waals surface area contributed by atoms with Gasteiger partial charge in [-0.3, -0.25) is 9.59 Å². The second-order valence-electron chi connectivity index (χ2n) is 9.98. The van der Waals surface area contributed by atoms with Gasteiger partial charge >= 0.3 is 0 Å². The summed E-state index contributed by atoms with van der Waals surface area (Å²) >= 11 is 0. The zero-order valence-corrected chi connectivity index (χ0v) is 24.2. The predicted octanol–water partition coefficient (Wildman–Crippen LogP) is 6.64. The molecular formula is C31H48N2O5. The highest BCUT2D eigenvalue weighted by atomic mass is 16.5. The van der Waals surface area contributed by atoms with Crippen molar-refractivity contribution in [1.29, 1.82) is 0 Å². The minimum absolute atomic E-state index is 0.00677. The van der Waals surface area contributed by atoms with Gasteiger partial charge in [-0.05, 0) is 56.0 Å². The lowest BCUT2D eigenvalue weighted by atomic mass is 10.1. The Morgan fingerprint density at radius 3 is 2.26 bits per heavy atom. The number of ether oxygens (including phenoxy) is 2. The number of benzene rings is 1. The molecule has 1 unspecified atom stereocenters. The fourth-order valence-corrected chi connectivity index (χ4v) is 4.52. The van der Waals surface area contributed by atoms with E-state index in [9.17, 15) is 9.59 Å². The first-order chi connectivity index (χ1) is 18.4. The molecule has 212 valence electrons. The Bertz CT molecular complexity index is 944. The molecule has 7 heteroatoms. The third-order valence-corrected chi connectivity index (χ3v) is 7.14. The first-order valence-electron chi connectivity index (χ1n) is 14.2. The number of rotatable bonds is 19. The Morgan fingerprint density at radius 2 is 1.63 bits per heavy atom. The SMILES string of the molecule is CCCCCCCCCC(=O)N(CC(=O)N(CCc1ccc(OC)c(OC)c1)Cc1ccco1)C(C)CC. The fourth-order valence-electron chi connectivity index (χ4n) is 4.52. The maximum absolute atomic E-state index is 13.6. The van der Waals surface area contributed by atoms with Crippen molar-refractivity contribution in [3.8, 4) is 11.5 Å². The summed E-state index contributed by atoms with van der Waals surface area (Å²) in [5.41, 5.74) is 1.04. The quantitative estimate of drug-likeness (QED) is 0.191. The van der Waals surface area contributed by atoms with Crippen molar-refractivity contribution < 1.29 is 23.5 Å². The fraction of sp³-hybridized carbons (Fsp3) is 0.613. The van der Waals surface area contributed by atoms with Crippen LogP contribution in [0, 0.1) is 0 Å². The second kappa shape index (κ2) is 17.5. The molecule has 0 saturated carbocycles. The molecule has 1 aromatic heterocycles. The number of hydrogen-bond donors (Lipinski definition) is 0. The van der Waals surface area contributed by atoms with Crippen LogP contribution in [0.5, 0.6) is 11.5 Å². The topological polar surface area (TPSA) is 72.2 Å². The number of unbranched alkanes of at least 4 members (excludes halogenated alkanes) is 6. The highest BCUT2D eigenvalue weighted by molar-refractivity contribution is 5.85. The summed E-state index contributed by atoms with van der Waals surface area (Å²) in [6, 6.07) is 9.49. The molecule has 0 aliphatic rings. The molecule has 1 heterocycles. The summed E-state index contributed by atoms with van der Waals surface area (Å²) in [7, 11) is 3.22. The number of carbonyl (C=O) groups excluding carboxylic acids is 2. The average Bonchev–Trinajstić information content (AvgIpc) is 3.45. The summed E-state index contributed by atoms with van der Waals surface area (Å²) in [4.78, 5) is 30.3. The maximum Gasteiger partial charge on any atom is 0.242 e. The largest absolute Gasteiger partial charge is 0.493 e. The Kier molecular flexibility index (Phi) is 14.4. The van der Waals surface area contributed by atoms with Crippen LogP contribution >= 0.6 is 0 Å². The average molecular weight is 529 g/mol. The van der Waals surface area contributed by atoms with Crippen LogP contribution < -0.4 is 9.47 Å². The van der Waals surface area contributed by atoms with Crippen LogP contribution in [0.2, 0.25) is 0 Å². The van der Waals surface area contributed by atoms with Crippen molar-refractivity contribution in [2.75, 3.05) is 27.3 Å². The summed E-state index contributed by atoms with van der Waals surface area (Å²) < 4.78 is 16.3. The lowest BCUT2D eigenvalue weighted by Crippen LogP contribution is -2.46. The van der Waals surface area contributed by atoms with Crippen LogP contribution in [0.25, 0.3) is 0 Å². The highest BCUT2D eigenvalue weighted by Crippen LogP contribution is 2.28. The normalized spacial score (nSPS) is 11.7. The Balaban J connectivity index is 2.04. The zero-order valence-electron chi connectivity index (χ0n) is 24.2. The molecule has 0 bridgehead atoms. The van der Waals surface area contributed by atoms with Gasteiger partial charge in [-0.1, -0.05) is 58.4 Å². The van der Waals surface area contributed by atoms with E-state index in [1.165, 1.54) is 32.1 Å². The van der Waals surface area contributed by atoms with E-state index in [-0.39, 0.29) is 24.4 Å². The predicted molar refractivity (Wildman–Crippen MR) is 151 cm³/mol. The molecule has 1 atom stereocenters. The van der Waals surface area contributed by atoms with Gasteiger partial charge in [0.25, 0.3) is 0 Å². The summed E-state index contributed by atoms with van der Waals surface area (Å²) in [6.07, 6.45) is 11.7. The molecule has 0 radical (unpaired) electrons. The molecule has 0 N–H and O–H groups in total. The van der Waals surface area contributed by atoms with Crippen molar-refractivity contribution >= 4 is 11.8 Å². The van der Waals surface area contributed by atoms with Gasteiger partial charge in [0, 0.05) is 19.0 Å². The third-order valence-electron chi connectivity index (χ3n) is 7.14. The Morgan fingerprint density at radius 1 is 0.921 bits per heavy atom. The molecule has 0 aliphatic heterocycles. The van der Waals surface area contributed by atoms with Crippen molar-refractivity contribution in [3.63, 3.8) is 0 Å². The molecule has 0 spiro atoms. The summed E-state index contributed by atoms with van der Waals surface area (Å²) in [5, 5.41) is 0. The number of nitrogens with zero attached hydrogens (tertiary/aromatic N) is 2. The number of hydrogen-bond acceptors (Lipinski definition) is 5. The first kappa shape index (κ1) is 31.3. The van der Waals surface area contributed by atoms with Gasteiger partial charge in [0.2, 0.25) is 11.8 Å². The van der Waals surface area contributed by atoms with Gasteiger partial charge in [0.05, 0.1) is 27.0 Å². The number of furan rings is 1. The minimum Gasteiger partial charge on any atom is -0.493 e. The number of methoxy groups -OCH3 is 2. The van der Waals surface area contributed by atoms with Gasteiger partial charge in [0.1, 0.15) is 12.3 Å². The van der Waals surface area contributed by atoms with Gasteiger partial charge in [0.15, 0.2) is 11.5 Å². The van der Waals surface area contributed by atoms with Crippen LogP contribution in [-0.4, -0.2) is 55.0 Å². The van der Waals surface area contributed by atoms with Gasteiger partial charge < -0.3 is 23.7 Å². The van der Waals surface area contributed by atoms with Crippen molar-refractivity contribution in [2.24, 2.45) is 0 Å². The molecule has 2 rings (SSSR count). The summed E-state index contributed by atoms with van der Waals surface area (Å²) in [5.74, 6) is 2.04. The van der Waals surface area contributed by atoms with E-state index >= 15 is 0 Å². The highest BCUT2D eigenvalue weighted by Gasteiger charge is 2.25. The molecule has 1 aromatic carbocycles. The van der Waals surface area contributed by atoms with E-state index in [0.717, 1.165) is 30.6 Å². The van der Waals surface area contributed by atoms with Crippen molar-refractivity contribution in [1.82, 2.24) is 9.80 Å². The molecule has 7 nitrogen and oxygen atoms in total. The zero-order chi connectivity index (χ0) is 27.8. The molecule has 0 aliphatic carbocycles. The van der Waals surface area contributed by atoms with E-state index in [0.29, 0.717) is 37.4 Å². The van der Waals surface area contributed by atoms with E-state index in [4.69, 9.17) is 13.9 Å². The van der Waals surface area contributed by atoms with Crippen LogP contribution in [0.3, 0.4) is 0 Å². The van der Waals surface area contributed by atoms with Crippen molar-refractivity contribution in [3.05, 3.63) is 47.9 Å². The summed E-state index contributed by atoms with van der Waals surface area (Å²) in [6.45, 7) is 7.23. The number of carbonyl (C=O) groups is 2. The molecule has 0 saturated heterocycles. The van der Waals surface area contributed by atoms with Gasteiger partial charge in [-0.25, -0.2) is 0 Å². The van der Waals surface area contributed by atoms with Crippen molar-refractivity contribution in [2.45, 2.75) is 97.6 Å². The Hall–Kier alpha value is -2.96. The van der Waals surface area contributed by atoms with E-state index in [1.54, 1.807) is 30.3 Å². The second-order valence-corrected chi connectivity index (χ2v) is 9.98. The molecule has 0 fully saturated rings. The molecule has 38 heavy (non-hydrogen) atoms. The van der Waals surface area contributed by atoms with Crippen LogP contribution in [0.1, 0.15) is 89.9 Å². The number of amides is 2. The Labute approximate surface area is 229 Å². The van der Waals surface area contributed by atoms with E-state index in [1.807, 2.05) is 37.3 Å². The minimum atomic E-state index is -0.0740.